The third kappa shape index (κ3) is 5.60. The van der Waals surface area contributed by atoms with Crippen LogP contribution in [0.1, 0.15) is 27.0 Å². The van der Waals surface area contributed by atoms with Crippen molar-refractivity contribution in [2.45, 2.75) is 19.6 Å². The van der Waals surface area contributed by atoms with E-state index in [1.54, 1.807) is 25.1 Å². The van der Waals surface area contributed by atoms with Gasteiger partial charge in [-0.1, -0.05) is 18.2 Å². The number of aldehydes is 1. The number of halogens is 3. The minimum absolute atomic E-state index is 0.0670. The first-order valence-corrected chi connectivity index (χ1v) is 9.55. The lowest BCUT2D eigenvalue weighted by molar-refractivity contribution is -0.138. The molecule has 1 heterocycles. The van der Waals surface area contributed by atoms with Crippen LogP contribution in [0.5, 0.6) is 0 Å². The average molecular weight is 418 g/mol. The van der Waals surface area contributed by atoms with E-state index < -0.39 is 11.7 Å². The van der Waals surface area contributed by atoms with Gasteiger partial charge in [0.25, 0.3) is 0 Å². The fraction of sp³-hybridized carbons (Fsp3) is 0.381. The standard InChI is InChI=1S/C21H23F3N5O/c1-15-3-4-16(14-30)11-20(15)26-27-25-18-6-5-17(19(12-18)21(22,23)24)13-29-9-7-28(2)8-10-29/h3-6,11-12,14H,7-10,13H2,1-2H3/q+1. The number of hydrogen-bond acceptors (Lipinski definition) is 5. The molecule has 2 aromatic carbocycles. The Morgan fingerprint density at radius 3 is 2.47 bits per heavy atom. The molecule has 0 saturated carbocycles. The molecule has 0 radical (unpaired) electrons. The van der Waals surface area contributed by atoms with Crippen molar-refractivity contribution in [1.29, 1.82) is 0 Å². The van der Waals surface area contributed by atoms with E-state index in [4.69, 9.17) is 0 Å². The lowest BCUT2D eigenvalue weighted by Crippen LogP contribution is -2.44. The summed E-state index contributed by atoms with van der Waals surface area (Å²) in [5.41, 5.74) is 1.22. The molecule has 2 aromatic rings. The lowest BCUT2D eigenvalue weighted by atomic mass is 10.1. The molecule has 0 spiro atoms. The molecule has 3 rings (SSSR count). The van der Waals surface area contributed by atoms with Gasteiger partial charge in [-0.2, -0.15) is 13.2 Å². The van der Waals surface area contributed by atoms with Crippen LogP contribution in [0, 0.1) is 6.92 Å². The van der Waals surface area contributed by atoms with Crippen molar-refractivity contribution in [1.82, 2.24) is 14.7 Å². The number of rotatable bonds is 5. The van der Waals surface area contributed by atoms with E-state index in [1.807, 2.05) is 11.9 Å². The molecule has 9 heteroatoms. The maximum atomic E-state index is 13.6. The summed E-state index contributed by atoms with van der Waals surface area (Å²) in [6, 6.07) is 8.86. The van der Waals surface area contributed by atoms with Crippen molar-refractivity contribution in [3.63, 3.8) is 0 Å². The van der Waals surface area contributed by atoms with Crippen molar-refractivity contribution >= 4 is 17.7 Å². The van der Waals surface area contributed by atoms with Crippen molar-refractivity contribution in [3.05, 3.63) is 58.7 Å². The second kappa shape index (κ2) is 9.30. The summed E-state index contributed by atoms with van der Waals surface area (Å²) in [5, 5.41) is 7.75. The first-order chi connectivity index (χ1) is 14.3. The van der Waals surface area contributed by atoms with Crippen LogP contribution in [0.4, 0.5) is 24.5 Å². The lowest BCUT2D eigenvalue weighted by Gasteiger charge is -2.32. The van der Waals surface area contributed by atoms with Crippen molar-refractivity contribution in [3.8, 4) is 0 Å². The minimum Gasteiger partial charge on any atom is -0.304 e. The summed E-state index contributed by atoms with van der Waals surface area (Å²) in [5.74, 6) is 0. The van der Waals surface area contributed by atoms with Gasteiger partial charge in [-0.25, -0.2) is 0 Å². The molecule has 0 atom stereocenters. The Balaban J connectivity index is 1.84. The molecule has 1 saturated heterocycles. The van der Waals surface area contributed by atoms with Crippen LogP contribution in [-0.2, 0) is 12.7 Å². The van der Waals surface area contributed by atoms with E-state index in [0.29, 0.717) is 17.5 Å². The van der Waals surface area contributed by atoms with E-state index in [0.717, 1.165) is 37.8 Å². The molecular formula is C21H23F3N5O+. The maximum Gasteiger partial charge on any atom is 0.416 e. The molecular weight excluding hydrogens is 395 g/mol. The highest BCUT2D eigenvalue weighted by molar-refractivity contribution is 5.77. The topological polar surface area (TPSA) is 62.4 Å². The number of piperazine rings is 1. The molecule has 1 aliphatic rings. The Morgan fingerprint density at radius 2 is 1.80 bits per heavy atom. The van der Waals surface area contributed by atoms with E-state index >= 15 is 0 Å². The highest BCUT2D eigenvalue weighted by atomic mass is 19.4. The SMILES string of the molecule is Cc1ccc(C=O)cc1N=[N+]=Nc1ccc(CN2CCN(C)CC2)c(C(F)(F)F)c1. The fourth-order valence-corrected chi connectivity index (χ4v) is 3.20. The zero-order valence-electron chi connectivity index (χ0n) is 16.9. The van der Waals surface area contributed by atoms with Gasteiger partial charge in [-0.15, -0.1) is 0 Å². The Hall–Kier alpha value is -2.87. The van der Waals surface area contributed by atoms with E-state index in [-0.39, 0.29) is 17.8 Å². The van der Waals surface area contributed by atoms with Crippen molar-refractivity contribution < 1.29 is 18.0 Å². The highest BCUT2D eigenvalue weighted by Gasteiger charge is 2.34. The maximum absolute atomic E-state index is 13.6. The molecule has 6 nitrogen and oxygen atoms in total. The van der Waals surface area contributed by atoms with E-state index in [1.165, 1.54) is 12.1 Å². The largest absolute Gasteiger partial charge is 0.416 e. The predicted octanol–water partition coefficient (Wildman–Crippen LogP) is 4.51. The van der Waals surface area contributed by atoms with Gasteiger partial charge in [0.2, 0.25) is 4.91 Å². The Labute approximate surface area is 172 Å². The summed E-state index contributed by atoms with van der Waals surface area (Å²) < 4.78 is 40.8. The molecule has 1 aliphatic heterocycles. The Kier molecular flexibility index (Phi) is 6.77. The van der Waals surface area contributed by atoms with Crippen LogP contribution in [-0.4, -0.2) is 49.3 Å². The van der Waals surface area contributed by atoms with Crippen LogP contribution in [0.2, 0.25) is 0 Å². The van der Waals surface area contributed by atoms with Gasteiger partial charge < -0.3 is 4.90 Å². The number of nitrogens with zero attached hydrogens (tertiary/aromatic N) is 5. The highest BCUT2D eigenvalue weighted by Crippen LogP contribution is 2.35. The van der Waals surface area contributed by atoms with Gasteiger partial charge in [0, 0.05) is 38.3 Å². The summed E-state index contributed by atoms with van der Waals surface area (Å²) in [6.07, 6.45) is -3.80. The number of benzene rings is 2. The predicted molar refractivity (Wildman–Crippen MR) is 107 cm³/mol. The normalized spacial score (nSPS) is 15.5. The van der Waals surface area contributed by atoms with E-state index in [9.17, 15) is 18.0 Å². The first kappa shape index (κ1) is 21.8. The third-order valence-electron chi connectivity index (χ3n) is 5.07. The molecule has 158 valence electrons. The van der Waals surface area contributed by atoms with E-state index in [2.05, 4.69) is 20.0 Å². The van der Waals surface area contributed by atoms with Gasteiger partial charge in [-0.05, 0) is 43.3 Å². The second-order valence-corrected chi connectivity index (χ2v) is 7.37. The zero-order chi connectivity index (χ0) is 21.7. The Bertz CT molecular complexity index is 975. The summed E-state index contributed by atoms with van der Waals surface area (Å²) >= 11 is 0. The summed E-state index contributed by atoms with van der Waals surface area (Å²) in [7, 11) is 2.00. The average Bonchev–Trinajstić information content (AvgIpc) is 2.71. The van der Waals surface area contributed by atoms with Crippen LogP contribution >= 0.6 is 0 Å². The molecule has 0 unspecified atom stereocenters. The second-order valence-electron chi connectivity index (χ2n) is 7.37. The monoisotopic (exact) mass is 418 g/mol. The number of carbonyl (C=O) groups excluding carboxylic acids is 1. The minimum atomic E-state index is -4.49. The number of carbonyl (C=O) groups is 1. The number of alkyl halides is 3. The number of hydrogen-bond donors (Lipinski definition) is 0. The van der Waals surface area contributed by atoms with Gasteiger partial charge in [0.1, 0.15) is 6.29 Å². The smallest absolute Gasteiger partial charge is 0.304 e. The summed E-state index contributed by atoms with van der Waals surface area (Å²) in [6.45, 7) is 5.15. The molecule has 1 fully saturated rings. The van der Waals surface area contributed by atoms with Gasteiger partial charge in [0.05, 0.1) is 5.56 Å². The fourth-order valence-electron chi connectivity index (χ4n) is 3.20. The van der Waals surface area contributed by atoms with Crippen LogP contribution in [0.3, 0.4) is 0 Å². The first-order valence-electron chi connectivity index (χ1n) is 9.55. The van der Waals surface area contributed by atoms with Crippen LogP contribution in [0.25, 0.3) is 0 Å². The summed E-state index contributed by atoms with van der Waals surface area (Å²) in [4.78, 5) is 18.7. The van der Waals surface area contributed by atoms with Crippen LogP contribution in [0.15, 0.2) is 46.6 Å². The quantitative estimate of drug-likeness (QED) is 0.408. The van der Waals surface area contributed by atoms with Gasteiger partial charge >= 0.3 is 6.18 Å². The number of likely N-dealkylation sites (N-methyl/N-ethyl adjacent to an activating group) is 1. The van der Waals surface area contributed by atoms with Crippen molar-refractivity contribution in [2.24, 2.45) is 10.2 Å². The van der Waals surface area contributed by atoms with Gasteiger partial charge in [0.15, 0.2) is 21.6 Å². The molecule has 0 bridgehead atoms. The third-order valence-corrected chi connectivity index (χ3v) is 5.07. The number of aryl methyl sites for hydroxylation is 1. The molecule has 0 amide bonds. The van der Waals surface area contributed by atoms with Crippen molar-refractivity contribution in [2.75, 3.05) is 33.2 Å². The van der Waals surface area contributed by atoms with Crippen LogP contribution < -0.4 is 4.91 Å². The Morgan fingerprint density at radius 1 is 1.07 bits per heavy atom. The molecule has 0 N–H and O–H groups in total. The molecule has 0 aromatic heterocycles. The zero-order valence-corrected chi connectivity index (χ0v) is 16.9. The van der Waals surface area contributed by atoms with Gasteiger partial charge in [-0.3, -0.25) is 9.69 Å². The molecule has 0 aliphatic carbocycles. The molecule has 30 heavy (non-hydrogen) atoms.